The summed E-state index contributed by atoms with van der Waals surface area (Å²) in [6, 6.07) is 0. The lowest BCUT2D eigenvalue weighted by molar-refractivity contribution is -0.308. The maximum atomic E-state index is 11.2. The first-order valence-electron chi connectivity index (χ1n) is 4.42. The van der Waals surface area contributed by atoms with Gasteiger partial charge in [0, 0.05) is 0 Å². The van der Waals surface area contributed by atoms with Crippen LogP contribution in [0.2, 0.25) is 0 Å². The fraction of sp³-hybridized carbons (Fsp3) is 0.714. The molecule has 138 valence electrons. The Labute approximate surface area is 116 Å². The number of carbonyl (C=O) groups excluding carboxylic acids is 2. The summed E-state index contributed by atoms with van der Waals surface area (Å²) >= 11 is 0. The van der Waals surface area contributed by atoms with E-state index < -0.39 is 42.7 Å². The number of halogens is 12. The highest BCUT2D eigenvalue weighted by molar-refractivity contribution is 5.90. The monoisotopic (exact) mass is 378 g/mol. The normalized spacial score (nSPS) is 13.3. The quantitative estimate of drug-likeness (QED) is 0.400. The Morgan fingerprint density at radius 1 is 0.652 bits per heavy atom. The van der Waals surface area contributed by atoms with Crippen LogP contribution in [0.15, 0.2) is 0 Å². The molecule has 0 rings (SSSR count). The molecule has 4 nitrogen and oxygen atoms in total. The van der Waals surface area contributed by atoms with Crippen molar-refractivity contribution in [2.24, 2.45) is 0 Å². The van der Waals surface area contributed by atoms with Gasteiger partial charge in [0.2, 0.25) is 6.10 Å². The Kier molecular flexibility index (Phi) is 7.39. The van der Waals surface area contributed by atoms with Gasteiger partial charge in [0.25, 0.3) is 0 Å². The van der Waals surface area contributed by atoms with Gasteiger partial charge in [-0.2, -0.15) is 52.7 Å². The summed E-state index contributed by atoms with van der Waals surface area (Å²) in [5.74, 6) is -6.40. The second-order valence-electron chi connectivity index (χ2n) is 3.16. The molecule has 0 aromatic carbocycles. The molecule has 0 unspecified atom stereocenters. The van der Waals surface area contributed by atoms with E-state index in [-0.39, 0.29) is 0 Å². The van der Waals surface area contributed by atoms with Gasteiger partial charge in [-0.3, -0.25) is 0 Å². The predicted molar refractivity (Wildman–Crippen MR) is 41.3 cm³/mol. The first-order chi connectivity index (χ1) is 9.70. The van der Waals surface area contributed by atoms with Crippen molar-refractivity contribution < 1.29 is 72.1 Å². The summed E-state index contributed by atoms with van der Waals surface area (Å²) in [6.45, 7) is 0. The van der Waals surface area contributed by atoms with E-state index in [2.05, 4.69) is 4.74 Å². The standard InChI is InChI=1S/C4F6O3.C3H2F6O/c5-3(6,7)1(11)13-2(12)4(8,9)10;4-2(5,6)1(10)3(7,8)9/h;1,10H. The second kappa shape index (κ2) is 7.22. The van der Waals surface area contributed by atoms with E-state index in [1.165, 1.54) is 0 Å². The molecule has 23 heavy (non-hydrogen) atoms. The molecule has 0 aliphatic carbocycles. The fourth-order valence-electron chi connectivity index (χ4n) is 0.385. The van der Waals surface area contributed by atoms with Gasteiger partial charge in [0.15, 0.2) is 0 Å². The number of alkyl halides is 12. The van der Waals surface area contributed by atoms with E-state index in [9.17, 15) is 62.3 Å². The molecule has 0 amide bonds. The molecule has 0 atom stereocenters. The minimum atomic E-state index is -5.63. The molecular weight excluding hydrogens is 376 g/mol. The van der Waals surface area contributed by atoms with E-state index in [1.807, 2.05) is 0 Å². The van der Waals surface area contributed by atoms with Crippen LogP contribution in [0.1, 0.15) is 0 Å². The molecule has 0 bridgehead atoms. The predicted octanol–water partition coefficient (Wildman–Crippen LogP) is 2.65. The molecule has 0 aromatic heterocycles. The van der Waals surface area contributed by atoms with Gasteiger partial charge in [0.1, 0.15) is 0 Å². The van der Waals surface area contributed by atoms with Crippen molar-refractivity contribution in [3.63, 3.8) is 0 Å². The van der Waals surface area contributed by atoms with Gasteiger partial charge in [-0.05, 0) is 0 Å². The highest BCUT2D eigenvalue weighted by atomic mass is 19.4. The van der Waals surface area contributed by atoms with Crippen LogP contribution in [0.5, 0.6) is 0 Å². The van der Waals surface area contributed by atoms with E-state index in [0.717, 1.165) is 0 Å². The topological polar surface area (TPSA) is 63.6 Å². The second-order valence-corrected chi connectivity index (χ2v) is 3.16. The lowest BCUT2D eigenvalue weighted by atomic mass is 10.3. The van der Waals surface area contributed by atoms with Crippen LogP contribution < -0.4 is 0 Å². The minimum absolute atomic E-state index is 2.45. The van der Waals surface area contributed by atoms with Crippen molar-refractivity contribution in [1.82, 2.24) is 0 Å². The zero-order chi connectivity index (χ0) is 19.4. The molecule has 0 saturated heterocycles. The Morgan fingerprint density at radius 3 is 0.957 bits per heavy atom. The lowest BCUT2D eigenvalue weighted by Crippen LogP contribution is -2.41. The van der Waals surface area contributed by atoms with Crippen LogP contribution in [-0.4, -0.2) is 47.9 Å². The summed E-state index contributed by atoms with van der Waals surface area (Å²) in [5.41, 5.74) is 0. The Balaban J connectivity index is 0. The number of esters is 2. The third-order valence-electron chi connectivity index (χ3n) is 1.27. The summed E-state index contributed by atoms with van der Waals surface area (Å²) in [6.07, 6.45) is -26.7. The van der Waals surface area contributed by atoms with Crippen LogP contribution >= 0.6 is 0 Å². The van der Waals surface area contributed by atoms with Gasteiger partial charge in [0.05, 0.1) is 0 Å². The van der Waals surface area contributed by atoms with E-state index in [1.54, 1.807) is 0 Å². The molecule has 0 aliphatic rings. The Bertz CT molecular complexity index is 375. The SMILES string of the molecule is O=C(OC(=O)C(F)(F)F)C(F)(F)F.OC(C(F)(F)F)C(F)(F)F. The molecule has 0 spiro atoms. The summed E-state index contributed by atoms with van der Waals surface area (Å²) < 4.78 is 136. The third-order valence-corrected chi connectivity index (χ3v) is 1.27. The van der Waals surface area contributed by atoms with Crippen molar-refractivity contribution in [2.45, 2.75) is 30.8 Å². The maximum absolute atomic E-state index is 11.2. The number of rotatable bonds is 0. The number of ether oxygens (including phenoxy) is 1. The highest BCUT2D eigenvalue weighted by Gasteiger charge is 2.55. The third kappa shape index (κ3) is 9.80. The minimum Gasteiger partial charge on any atom is -0.380 e. The molecular formula is C7H2F12O4. The number of aliphatic hydroxyl groups is 1. The van der Waals surface area contributed by atoms with Gasteiger partial charge < -0.3 is 9.84 Å². The number of hydrogen-bond donors (Lipinski definition) is 1. The first kappa shape index (κ1) is 23.5. The van der Waals surface area contributed by atoms with Gasteiger partial charge >= 0.3 is 36.6 Å². The molecule has 1 N–H and O–H groups in total. The number of carbonyl (C=O) groups is 2. The van der Waals surface area contributed by atoms with E-state index in [0.29, 0.717) is 0 Å². The molecule has 0 aliphatic heterocycles. The molecule has 0 saturated carbocycles. The van der Waals surface area contributed by atoms with Crippen LogP contribution in [0, 0.1) is 0 Å². The summed E-state index contributed by atoms with van der Waals surface area (Å²) in [7, 11) is 0. The number of hydrogen-bond acceptors (Lipinski definition) is 4. The number of aliphatic hydroxyl groups excluding tert-OH is 1. The highest BCUT2D eigenvalue weighted by Crippen LogP contribution is 2.32. The van der Waals surface area contributed by atoms with Gasteiger partial charge in [-0.25, -0.2) is 9.59 Å². The van der Waals surface area contributed by atoms with Crippen molar-refractivity contribution in [3.05, 3.63) is 0 Å². The van der Waals surface area contributed by atoms with Crippen LogP contribution in [0.3, 0.4) is 0 Å². The van der Waals surface area contributed by atoms with Crippen LogP contribution in [0.25, 0.3) is 0 Å². The van der Waals surface area contributed by atoms with Crippen molar-refractivity contribution in [1.29, 1.82) is 0 Å². The van der Waals surface area contributed by atoms with Crippen molar-refractivity contribution in [3.8, 4) is 0 Å². The lowest BCUT2D eigenvalue weighted by Gasteiger charge is -2.16. The Hall–Kier alpha value is -1.74. The molecule has 0 radical (unpaired) electrons. The molecule has 0 aromatic rings. The Morgan fingerprint density at radius 2 is 0.870 bits per heavy atom. The van der Waals surface area contributed by atoms with Crippen LogP contribution in [0.4, 0.5) is 52.7 Å². The average Bonchev–Trinajstić information content (AvgIpc) is 2.23. The largest absolute Gasteiger partial charge is 0.491 e. The zero-order valence-electron chi connectivity index (χ0n) is 9.78. The van der Waals surface area contributed by atoms with E-state index >= 15 is 0 Å². The zero-order valence-corrected chi connectivity index (χ0v) is 9.78. The molecule has 16 heteroatoms. The van der Waals surface area contributed by atoms with Crippen molar-refractivity contribution >= 4 is 11.9 Å². The van der Waals surface area contributed by atoms with Crippen molar-refractivity contribution in [2.75, 3.05) is 0 Å². The van der Waals surface area contributed by atoms with Gasteiger partial charge in [-0.15, -0.1) is 0 Å². The fourth-order valence-corrected chi connectivity index (χ4v) is 0.385. The molecule has 0 fully saturated rings. The van der Waals surface area contributed by atoms with E-state index in [4.69, 9.17) is 5.11 Å². The summed E-state index contributed by atoms with van der Waals surface area (Å²) in [4.78, 5) is 19.3. The molecule has 0 heterocycles. The first-order valence-corrected chi connectivity index (χ1v) is 4.42. The average molecular weight is 378 g/mol. The van der Waals surface area contributed by atoms with Crippen LogP contribution in [-0.2, 0) is 14.3 Å². The van der Waals surface area contributed by atoms with Gasteiger partial charge in [-0.1, -0.05) is 0 Å². The smallest absolute Gasteiger partial charge is 0.380 e. The summed E-state index contributed by atoms with van der Waals surface area (Å²) in [5, 5.41) is 7.47. The maximum Gasteiger partial charge on any atom is 0.491 e.